The lowest BCUT2D eigenvalue weighted by atomic mass is 9.78. The summed E-state index contributed by atoms with van der Waals surface area (Å²) in [6.45, 7) is 16.4. The summed E-state index contributed by atoms with van der Waals surface area (Å²) >= 11 is 6.28. The van der Waals surface area contributed by atoms with E-state index in [4.69, 9.17) is 26.1 Å². The Morgan fingerprint density at radius 1 is 0.957 bits per heavy atom. The number of hydrogen-bond donors (Lipinski definition) is 0. The molecule has 0 aliphatic carbocycles. The van der Waals surface area contributed by atoms with Gasteiger partial charge < -0.3 is 19.3 Å². The number of carbonyl (C=O) groups excluding carboxylic acids is 1. The number of ether oxygens (including phenoxy) is 2. The molecule has 0 radical (unpaired) electrons. The summed E-state index contributed by atoms with van der Waals surface area (Å²) in [5, 5.41) is 9.92. The molecule has 46 heavy (non-hydrogen) atoms. The molecule has 0 spiro atoms. The highest BCUT2D eigenvalue weighted by Crippen LogP contribution is 2.34. The predicted molar refractivity (Wildman–Crippen MR) is 180 cm³/mol. The van der Waals surface area contributed by atoms with Gasteiger partial charge in [-0.1, -0.05) is 37.6 Å². The van der Waals surface area contributed by atoms with Crippen LogP contribution in [-0.2, 0) is 16.8 Å². The second-order valence-electron chi connectivity index (χ2n) is 13.8. The van der Waals surface area contributed by atoms with Crippen molar-refractivity contribution < 1.29 is 14.3 Å². The van der Waals surface area contributed by atoms with E-state index in [0.717, 1.165) is 74.1 Å². The van der Waals surface area contributed by atoms with Gasteiger partial charge in [-0.3, -0.25) is 4.90 Å². The van der Waals surface area contributed by atoms with E-state index in [1.54, 1.807) is 6.07 Å². The maximum absolute atomic E-state index is 12.4. The van der Waals surface area contributed by atoms with E-state index < -0.39 is 5.60 Å². The number of amides is 1. The van der Waals surface area contributed by atoms with Gasteiger partial charge in [0.25, 0.3) is 0 Å². The third-order valence-corrected chi connectivity index (χ3v) is 9.07. The van der Waals surface area contributed by atoms with Gasteiger partial charge in [-0.2, -0.15) is 5.26 Å². The zero-order valence-corrected chi connectivity index (χ0v) is 28.4. The van der Waals surface area contributed by atoms with E-state index in [1.165, 1.54) is 0 Å². The van der Waals surface area contributed by atoms with E-state index in [-0.39, 0.29) is 11.5 Å². The van der Waals surface area contributed by atoms with Crippen LogP contribution >= 0.6 is 11.6 Å². The van der Waals surface area contributed by atoms with E-state index in [2.05, 4.69) is 46.8 Å². The topological polar surface area (TPSA) is 94.8 Å². The Morgan fingerprint density at radius 3 is 2.30 bits per heavy atom. The molecule has 0 unspecified atom stereocenters. The third-order valence-electron chi connectivity index (χ3n) is 8.85. The van der Waals surface area contributed by atoms with Crippen LogP contribution in [0.4, 0.5) is 10.7 Å². The first-order chi connectivity index (χ1) is 21.9. The number of nitrogens with zero attached hydrogens (tertiary/aromatic N) is 6. The van der Waals surface area contributed by atoms with Crippen molar-refractivity contribution in [3.8, 4) is 11.8 Å². The van der Waals surface area contributed by atoms with Crippen molar-refractivity contribution in [2.75, 3.05) is 50.7 Å². The zero-order valence-electron chi connectivity index (χ0n) is 27.6. The average molecular weight is 645 g/mol. The van der Waals surface area contributed by atoms with Gasteiger partial charge in [0, 0.05) is 62.4 Å². The number of piperazine rings is 1. The highest BCUT2D eigenvalue weighted by Gasteiger charge is 2.29. The quantitative estimate of drug-likeness (QED) is 0.268. The maximum atomic E-state index is 12.4. The van der Waals surface area contributed by atoms with Crippen molar-refractivity contribution in [2.45, 2.75) is 65.1 Å². The Balaban J connectivity index is 1.08. The SMILES string of the molecule is CC(C)(C)OC(=O)N1CCN(CC2CCN(c3nccc(COc4ccc(C(C)(C)c5cc(Cl)cc(C#N)c5)cc4)n3)CC2)CC1. The summed E-state index contributed by atoms with van der Waals surface area (Å²) < 4.78 is 11.6. The van der Waals surface area contributed by atoms with E-state index in [9.17, 15) is 10.1 Å². The molecule has 1 amide bonds. The molecule has 2 fully saturated rings. The molecule has 2 aromatic carbocycles. The highest BCUT2D eigenvalue weighted by atomic mass is 35.5. The van der Waals surface area contributed by atoms with Crippen molar-refractivity contribution in [3.05, 3.63) is 82.1 Å². The molecule has 0 saturated carbocycles. The molecule has 1 aromatic heterocycles. The number of rotatable bonds is 8. The normalized spacial score (nSPS) is 16.6. The summed E-state index contributed by atoms with van der Waals surface area (Å²) in [6, 6.07) is 17.6. The third kappa shape index (κ3) is 8.68. The predicted octanol–water partition coefficient (Wildman–Crippen LogP) is 6.68. The van der Waals surface area contributed by atoms with Gasteiger partial charge in [-0.05, 0) is 87.1 Å². The number of aromatic nitrogens is 2. The Bertz CT molecular complexity index is 1530. The van der Waals surface area contributed by atoms with Gasteiger partial charge in [0.2, 0.25) is 5.95 Å². The van der Waals surface area contributed by atoms with Crippen molar-refractivity contribution in [1.82, 2.24) is 19.8 Å². The standard InChI is InChI=1S/C36H45ClN6O3/c1-35(2,3)46-34(44)43-18-16-41(17-19-43)24-26-11-14-42(15-12-26)33-39-13-10-31(40-33)25-45-32-8-6-28(7-9-32)36(4,5)29-20-27(23-38)21-30(37)22-29/h6-10,13,20-22,26H,11-12,14-19,24-25H2,1-5H3. The maximum Gasteiger partial charge on any atom is 0.410 e. The Kier molecular flexibility index (Phi) is 10.4. The summed E-state index contributed by atoms with van der Waals surface area (Å²) in [5.74, 6) is 2.13. The Labute approximate surface area is 278 Å². The van der Waals surface area contributed by atoms with Crippen molar-refractivity contribution in [1.29, 1.82) is 5.26 Å². The summed E-state index contributed by atoms with van der Waals surface area (Å²) in [5.41, 5.74) is 2.68. The first kappa shape index (κ1) is 33.5. The molecule has 3 aromatic rings. The number of nitriles is 1. The largest absolute Gasteiger partial charge is 0.487 e. The van der Waals surface area contributed by atoms with Crippen molar-refractivity contribution in [2.24, 2.45) is 5.92 Å². The molecule has 0 bridgehead atoms. The van der Waals surface area contributed by atoms with Crippen LogP contribution in [0.2, 0.25) is 5.02 Å². The minimum absolute atomic E-state index is 0.211. The number of hydrogen-bond acceptors (Lipinski definition) is 8. The number of benzene rings is 2. The summed E-state index contributed by atoms with van der Waals surface area (Å²) in [7, 11) is 0. The molecule has 10 heteroatoms. The minimum Gasteiger partial charge on any atom is -0.487 e. The highest BCUT2D eigenvalue weighted by molar-refractivity contribution is 6.30. The zero-order chi connectivity index (χ0) is 32.9. The molecule has 2 aliphatic rings. The van der Waals surface area contributed by atoms with Crippen LogP contribution in [0.5, 0.6) is 5.75 Å². The molecule has 2 aliphatic heterocycles. The lowest BCUT2D eigenvalue weighted by molar-refractivity contribution is 0.0130. The van der Waals surface area contributed by atoms with Crippen LogP contribution in [0.3, 0.4) is 0 Å². The number of carbonyl (C=O) groups is 1. The van der Waals surface area contributed by atoms with E-state index in [0.29, 0.717) is 36.2 Å². The fourth-order valence-corrected chi connectivity index (χ4v) is 6.28. The van der Waals surface area contributed by atoms with Gasteiger partial charge in [-0.25, -0.2) is 14.8 Å². The number of halogens is 1. The minimum atomic E-state index is -0.465. The molecule has 3 heterocycles. The van der Waals surface area contributed by atoms with Crippen LogP contribution < -0.4 is 9.64 Å². The molecule has 244 valence electrons. The van der Waals surface area contributed by atoms with Gasteiger partial charge in [0.15, 0.2) is 0 Å². The van der Waals surface area contributed by atoms with Gasteiger partial charge >= 0.3 is 6.09 Å². The van der Waals surface area contributed by atoms with Crippen LogP contribution in [0, 0.1) is 17.2 Å². The fourth-order valence-electron chi connectivity index (χ4n) is 6.04. The molecule has 5 rings (SSSR count). The first-order valence-corrected chi connectivity index (χ1v) is 16.5. The number of anilines is 1. The fraction of sp³-hybridized carbons (Fsp3) is 0.500. The smallest absolute Gasteiger partial charge is 0.410 e. The monoisotopic (exact) mass is 644 g/mol. The first-order valence-electron chi connectivity index (χ1n) is 16.1. The van der Waals surface area contributed by atoms with Crippen molar-refractivity contribution >= 4 is 23.6 Å². The van der Waals surface area contributed by atoms with Gasteiger partial charge in [0.05, 0.1) is 17.3 Å². The Hall–Kier alpha value is -3.87. The average Bonchev–Trinajstić information content (AvgIpc) is 3.03. The molecule has 0 N–H and O–H groups in total. The van der Waals surface area contributed by atoms with Crippen LogP contribution in [0.1, 0.15) is 69.8 Å². The van der Waals surface area contributed by atoms with Crippen LogP contribution in [-0.4, -0.2) is 77.3 Å². The molecule has 2 saturated heterocycles. The summed E-state index contributed by atoms with van der Waals surface area (Å²) in [6.07, 6.45) is 3.78. The van der Waals surface area contributed by atoms with Gasteiger partial charge in [0.1, 0.15) is 18.0 Å². The summed E-state index contributed by atoms with van der Waals surface area (Å²) in [4.78, 5) is 28.3. The lowest BCUT2D eigenvalue weighted by Crippen LogP contribution is -2.51. The number of piperidine rings is 1. The second kappa shape index (κ2) is 14.3. The Morgan fingerprint density at radius 2 is 1.65 bits per heavy atom. The molecular formula is C36H45ClN6O3. The van der Waals surface area contributed by atoms with Crippen molar-refractivity contribution in [3.63, 3.8) is 0 Å². The van der Waals surface area contributed by atoms with Gasteiger partial charge in [-0.15, -0.1) is 0 Å². The molecule has 9 nitrogen and oxygen atoms in total. The molecular weight excluding hydrogens is 600 g/mol. The van der Waals surface area contributed by atoms with E-state index in [1.807, 2.05) is 62.2 Å². The van der Waals surface area contributed by atoms with Crippen LogP contribution in [0.25, 0.3) is 0 Å². The lowest BCUT2D eigenvalue weighted by Gasteiger charge is -2.39. The van der Waals surface area contributed by atoms with E-state index >= 15 is 0 Å². The second-order valence-corrected chi connectivity index (χ2v) is 14.3. The molecule has 0 atom stereocenters. The van der Waals surface area contributed by atoms with Crippen LogP contribution in [0.15, 0.2) is 54.7 Å².